The highest BCUT2D eigenvalue weighted by Gasteiger charge is 2.40. The third-order valence-electron chi connectivity index (χ3n) is 7.31. The Hall–Kier alpha value is -2.80. The number of halogens is 1. The van der Waals surface area contributed by atoms with Crippen LogP contribution in [0.2, 0.25) is 0 Å². The van der Waals surface area contributed by atoms with Gasteiger partial charge in [0.25, 0.3) is 11.5 Å². The lowest BCUT2D eigenvalue weighted by molar-refractivity contribution is 0.0773. The van der Waals surface area contributed by atoms with Gasteiger partial charge in [-0.25, -0.2) is 9.49 Å². The van der Waals surface area contributed by atoms with E-state index in [1.165, 1.54) is 6.07 Å². The van der Waals surface area contributed by atoms with Crippen molar-refractivity contribution < 1.29 is 9.18 Å². The van der Waals surface area contributed by atoms with E-state index in [1.54, 1.807) is 12.1 Å². The summed E-state index contributed by atoms with van der Waals surface area (Å²) in [4.78, 5) is 29.7. The van der Waals surface area contributed by atoms with Crippen LogP contribution in [0.25, 0.3) is 0 Å². The predicted octanol–water partition coefficient (Wildman–Crippen LogP) is 2.71. The molecular formula is C25H29FN4O2. The number of likely N-dealkylation sites (tertiary alicyclic amines) is 2. The number of aromatic amines is 1. The van der Waals surface area contributed by atoms with Crippen LogP contribution in [-0.2, 0) is 19.3 Å². The number of aromatic nitrogens is 2. The second-order valence-corrected chi connectivity index (χ2v) is 9.14. The van der Waals surface area contributed by atoms with Gasteiger partial charge in [-0.3, -0.25) is 14.5 Å². The highest BCUT2D eigenvalue weighted by molar-refractivity contribution is 5.95. The molecule has 2 aromatic rings. The van der Waals surface area contributed by atoms with Crippen LogP contribution < -0.4 is 5.56 Å². The van der Waals surface area contributed by atoms with E-state index in [2.05, 4.69) is 22.0 Å². The number of carbonyl (C=O) groups excluding carboxylic acids is 1. The van der Waals surface area contributed by atoms with Crippen LogP contribution in [0.1, 0.15) is 52.5 Å². The maximum absolute atomic E-state index is 14.7. The number of hydrogen-bond acceptors (Lipinski definition) is 4. The van der Waals surface area contributed by atoms with Crippen molar-refractivity contribution >= 4 is 5.91 Å². The van der Waals surface area contributed by atoms with Crippen LogP contribution in [0, 0.1) is 11.7 Å². The van der Waals surface area contributed by atoms with Crippen molar-refractivity contribution in [2.24, 2.45) is 5.92 Å². The molecule has 1 aliphatic carbocycles. The Morgan fingerprint density at radius 2 is 2.03 bits per heavy atom. The van der Waals surface area contributed by atoms with E-state index >= 15 is 0 Å². The summed E-state index contributed by atoms with van der Waals surface area (Å²) < 4.78 is 14.7. The number of H-pyrrole nitrogens is 1. The number of hydrogen-bond donors (Lipinski definition) is 1. The Morgan fingerprint density at radius 1 is 1.22 bits per heavy atom. The predicted molar refractivity (Wildman–Crippen MR) is 120 cm³/mol. The molecule has 2 fully saturated rings. The van der Waals surface area contributed by atoms with E-state index < -0.39 is 5.82 Å². The summed E-state index contributed by atoms with van der Waals surface area (Å²) >= 11 is 0. The summed E-state index contributed by atoms with van der Waals surface area (Å²) in [6.07, 6.45) is 8.03. The summed E-state index contributed by atoms with van der Waals surface area (Å²) in [6.45, 7) is 5.59. The number of benzene rings is 1. The number of fused-ring (bicyclic) bond motifs is 2. The van der Waals surface area contributed by atoms with Crippen molar-refractivity contribution in [3.63, 3.8) is 0 Å². The zero-order chi connectivity index (χ0) is 22.2. The number of likely N-dealkylation sites (N-methyl/N-ethyl adjacent to an activating group) is 1. The molecule has 0 spiro atoms. The normalized spacial score (nSPS) is 22.6. The third kappa shape index (κ3) is 3.79. The first kappa shape index (κ1) is 21.1. The van der Waals surface area contributed by atoms with Gasteiger partial charge < -0.3 is 4.90 Å². The molecule has 1 aromatic heterocycles. The fraction of sp³-hybridized carbons (Fsp3) is 0.480. The largest absolute Gasteiger partial charge is 0.337 e. The van der Waals surface area contributed by atoms with Gasteiger partial charge in [0.1, 0.15) is 5.82 Å². The van der Waals surface area contributed by atoms with Crippen molar-refractivity contribution in [2.45, 2.75) is 45.1 Å². The van der Waals surface area contributed by atoms with Gasteiger partial charge in [-0.1, -0.05) is 25.1 Å². The van der Waals surface area contributed by atoms with E-state index in [9.17, 15) is 14.0 Å². The minimum atomic E-state index is -0.486. The molecule has 3 aliphatic rings. The van der Waals surface area contributed by atoms with Crippen molar-refractivity contribution in [1.29, 1.82) is 0 Å². The summed E-state index contributed by atoms with van der Waals surface area (Å²) in [7, 11) is 0. The van der Waals surface area contributed by atoms with Gasteiger partial charge in [0, 0.05) is 31.1 Å². The maximum atomic E-state index is 14.7. The van der Waals surface area contributed by atoms with Crippen molar-refractivity contribution in [3.05, 3.63) is 74.5 Å². The first-order valence-corrected chi connectivity index (χ1v) is 11.6. The highest BCUT2D eigenvalue weighted by atomic mass is 19.1. The number of nitrogens with zero attached hydrogens (tertiary/aromatic N) is 3. The molecule has 168 valence electrons. The molecule has 2 saturated heterocycles. The van der Waals surface area contributed by atoms with E-state index in [0.717, 1.165) is 48.3 Å². The zero-order valence-electron chi connectivity index (χ0n) is 18.4. The highest BCUT2D eigenvalue weighted by Crippen LogP contribution is 2.31. The number of nitrogens with one attached hydrogen (secondary N) is 1. The summed E-state index contributed by atoms with van der Waals surface area (Å²) in [5.74, 6) is -0.238. The molecule has 2 atom stereocenters. The number of allylic oxidation sites excluding steroid dienone is 2. The Kier molecular flexibility index (Phi) is 5.67. The summed E-state index contributed by atoms with van der Waals surface area (Å²) in [6, 6.07) is 5.12. The second-order valence-electron chi connectivity index (χ2n) is 9.14. The fourth-order valence-electron chi connectivity index (χ4n) is 5.61. The smallest absolute Gasteiger partial charge is 0.267 e. The minimum absolute atomic E-state index is 0.127. The molecule has 1 aromatic carbocycles. The van der Waals surface area contributed by atoms with E-state index in [1.807, 2.05) is 17.1 Å². The van der Waals surface area contributed by atoms with E-state index in [-0.39, 0.29) is 17.0 Å². The van der Waals surface area contributed by atoms with Crippen LogP contribution in [0.15, 0.2) is 35.1 Å². The van der Waals surface area contributed by atoms with E-state index in [0.29, 0.717) is 44.3 Å². The lowest BCUT2D eigenvalue weighted by atomic mass is 9.92. The molecule has 3 heterocycles. The van der Waals surface area contributed by atoms with Gasteiger partial charge in [0.15, 0.2) is 0 Å². The van der Waals surface area contributed by atoms with E-state index in [4.69, 9.17) is 0 Å². The average Bonchev–Trinajstić information content (AvgIpc) is 3.26. The molecule has 6 nitrogen and oxygen atoms in total. The molecular weight excluding hydrogens is 407 g/mol. The molecule has 5 rings (SSSR count). The third-order valence-corrected chi connectivity index (χ3v) is 7.31. The lowest BCUT2D eigenvalue weighted by Crippen LogP contribution is -2.45. The Bertz CT molecular complexity index is 1130. The second kappa shape index (κ2) is 8.62. The zero-order valence-corrected chi connectivity index (χ0v) is 18.4. The standard InChI is InChI=1S/C25H29FN4O2/c1-2-29-11-5-6-17-14-30(15-23(17)29)25(32)20-12-16(9-10-21(20)26)13-22-18-7-3-4-8-19(18)24(31)28-27-22/h3-4,9-10,12,17,23H,2,5-8,11,13-15H2,1H3,(H,28,31). The Labute approximate surface area is 187 Å². The molecule has 32 heavy (non-hydrogen) atoms. The molecule has 1 N–H and O–H groups in total. The monoisotopic (exact) mass is 436 g/mol. The fourth-order valence-corrected chi connectivity index (χ4v) is 5.61. The topological polar surface area (TPSA) is 69.3 Å². The number of carbonyl (C=O) groups is 1. The molecule has 1 amide bonds. The maximum Gasteiger partial charge on any atom is 0.267 e. The van der Waals surface area contributed by atoms with Gasteiger partial charge in [-0.15, -0.1) is 0 Å². The number of piperidine rings is 1. The quantitative estimate of drug-likeness (QED) is 0.749. The molecule has 2 unspecified atom stereocenters. The van der Waals surface area contributed by atoms with Gasteiger partial charge in [-0.2, -0.15) is 5.10 Å². The van der Waals surface area contributed by atoms with Crippen LogP contribution >= 0.6 is 0 Å². The van der Waals surface area contributed by atoms with Crippen LogP contribution in [-0.4, -0.2) is 58.1 Å². The molecule has 0 bridgehead atoms. The lowest BCUT2D eigenvalue weighted by Gasteiger charge is -2.35. The molecule has 0 radical (unpaired) electrons. The number of rotatable bonds is 4. The average molecular weight is 437 g/mol. The minimum Gasteiger partial charge on any atom is -0.337 e. The molecule has 7 heteroatoms. The van der Waals surface area contributed by atoms with Gasteiger partial charge in [0.2, 0.25) is 0 Å². The Morgan fingerprint density at radius 3 is 2.84 bits per heavy atom. The van der Waals surface area contributed by atoms with Crippen LogP contribution in [0.4, 0.5) is 4.39 Å². The van der Waals surface area contributed by atoms with Crippen molar-refractivity contribution in [3.8, 4) is 0 Å². The molecule has 2 aliphatic heterocycles. The van der Waals surface area contributed by atoms with Crippen LogP contribution in [0.3, 0.4) is 0 Å². The summed E-state index contributed by atoms with van der Waals surface area (Å²) in [5.41, 5.74) is 3.26. The van der Waals surface area contributed by atoms with Crippen molar-refractivity contribution in [1.82, 2.24) is 20.0 Å². The molecule has 0 saturated carbocycles. The van der Waals surface area contributed by atoms with Crippen molar-refractivity contribution in [2.75, 3.05) is 26.2 Å². The first-order valence-electron chi connectivity index (χ1n) is 11.6. The van der Waals surface area contributed by atoms with Gasteiger partial charge in [-0.05, 0) is 68.0 Å². The van der Waals surface area contributed by atoms with Gasteiger partial charge >= 0.3 is 0 Å². The first-order chi connectivity index (χ1) is 15.5. The SMILES string of the molecule is CCN1CCCC2CN(C(=O)c3cc(Cc4n[nH]c(=O)c5c4CC=CC5)ccc3F)CC21. The number of amides is 1. The van der Waals surface area contributed by atoms with Gasteiger partial charge in [0.05, 0.1) is 11.3 Å². The van der Waals surface area contributed by atoms with Crippen LogP contribution in [0.5, 0.6) is 0 Å². The summed E-state index contributed by atoms with van der Waals surface area (Å²) in [5, 5.41) is 6.85. The Balaban J connectivity index is 1.38.